The van der Waals surface area contributed by atoms with Gasteiger partial charge >= 0.3 is 0 Å². The van der Waals surface area contributed by atoms with Gasteiger partial charge in [0.15, 0.2) is 0 Å². The van der Waals surface area contributed by atoms with Gasteiger partial charge in [0.05, 0.1) is 0 Å². The van der Waals surface area contributed by atoms with Crippen LogP contribution in [0.5, 0.6) is 0 Å². The van der Waals surface area contributed by atoms with Crippen LogP contribution in [0.2, 0.25) is 0 Å². The van der Waals surface area contributed by atoms with E-state index in [4.69, 9.17) is 5.73 Å². The molecule has 9 heavy (non-hydrogen) atoms. The van der Waals surface area contributed by atoms with E-state index in [2.05, 4.69) is 17.9 Å². The molecule has 0 radical (unpaired) electrons. The first-order valence-corrected chi connectivity index (χ1v) is 3.50. The van der Waals surface area contributed by atoms with Gasteiger partial charge < -0.3 is 11.1 Å². The normalized spacial score (nSPS) is 9.44. The number of primary amides is 1. The first-order valence-electron chi connectivity index (χ1n) is 2.87. The predicted molar refractivity (Wildman–Crippen MR) is 40.5 cm³/mol. The second kappa shape index (κ2) is 5.91. The Morgan fingerprint density at radius 3 is 2.67 bits per heavy atom. The molecule has 0 saturated heterocycles. The van der Waals surface area contributed by atoms with E-state index in [-0.39, 0.29) is 5.91 Å². The number of thiol groups is 1. The highest BCUT2D eigenvalue weighted by Gasteiger charge is 1.90. The summed E-state index contributed by atoms with van der Waals surface area (Å²) < 4.78 is 0. The van der Waals surface area contributed by atoms with Crippen LogP contribution < -0.4 is 11.1 Å². The Morgan fingerprint density at radius 2 is 2.22 bits per heavy atom. The van der Waals surface area contributed by atoms with E-state index in [1.54, 1.807) is 0 Å². The maximum atomic E-state index is 10.1. The number of amides is 1. The average Bonchev–Trinajstić information content (AvgIpc) is 1.80. The van der Waals surface area contributed by atoms with Crippen molar-refractivity contribution in [1.29, 1.82) is 0 Å². The standard InChI is InChI=1S/C5H12N2OS/c6-5(8)1-2-7-3-4-9/h7,9H,1-4H2,(H2,6,8). The second-order valence-electron chi connectivity index (χ2n) is 1.69. The third-order valence-corrected chi connectivity index (χ3v) is 1.06. The molecule has 4 heteroatoms. The summed E-state index contributed by atoms with van der Waals surface area (Å²) in [5.74, 6) is 0.528. The summed E-state index contributed by atoms with van der Waals surface area (Å²) in [6, 6.07) is 0. The van der Waals surface area contributed by atoms with Crippen molar-refractivity contribution in [3.05, 3.63) is 0 Å². The van der Waals surface area contributed by atoms with E-state index < -0.39 is 0 Å². The van der Waals surface area contributed by atoms with Crippen molar-refractivity contribution in [2.45, 2.75) is 6.42 Å². The fraction of sp³-hybridized carbons (Fsp3) is 0.800. The molecule has 0 aromatic carbocycles. The van der Waals surface area contributed by atoms with Crippen molar-refractivity contribution >= 4 is 18.5 Å². The summed E-state index contributed by atoms with van der Waals surface area (Å²) >= 11 is 3.97. The summed E-state index contributed by atoms with van der Waals surface area (Å²) in [6.45, 7) is 1.49. The SMILES string of the molecule is NC(=O)CCNCCS. The minimum atomic E-state index is -0.262. The predicted octanol–water partition coefficient (Wildman–Crippen LogP) is -0.619. The van der Waals surface area contributed by atoms with Crippen LogP contribution in [-0.4, -0.2) is 24.7 Å². The molecule has 0 aliphatic rings. The first kappa shape index (κ1) is 8.78. The molecule has 0 aliphatic heterocycles. The highest BCUT2D eigenvalue weighted by atomic mass is 32.1. The molecule has 3 N–H and O–H groups in total. The second-order valence-corrected chi connectivity index (χ2v) is 2.14. The monoisotopic (exact) mass is 148 g/mol. The van der Waals surface area contributed by atoms with Crippen LogP contribution in [0, 0.1) is 0 Å². The summed E-state index contributed by atoms with van der Waals surface area (Å²) in [5.41, 5.74) is 4.88. The Kier molecular flexibility index (Phi) is 5.76. The molecule has 0 aliphatic carbocycles. The fourth-order valence-electron chi connectivity index (χ4n) is 0.416. The molecule has 0 fully saturated rings. The van der Waals surface area contributed by atoms with Crippen molar-refractivity contribution in [3.8, 4) is 0 Å². The minimum absolute atomic E-state index is 0.262. The number of nitrogens with two attached hydrogens (primary N) is 1. The molecule has 3 nitrogen and oxygen atoms in total. The van der Waals surface area contributed by atoms with Crippen molar-refractivity contribution in [1.82, 2.24) is 5.32 Å². The number of hydrogen-bond donors (Lipinski definition) is 3. The maximum absolute atomic E-state index is 10.1. The first-order chi connectivity index (χ1) is 4.27. The molecule has 0 rings (SSSR count). The molecular formula is C5H12N2OS. The number of rotatable bonds is 5. The van der Waals surface area contributed by atoms with Crippen LogP contribution in [-0.2, 0) is 4.79 Å². The van der Waals surface area contributed by atoms with Gasteiger partial charge in [-0.15, -0.1) is 0 Å². The van der Waals surface area contributed by atoms with E-state index >= 15 is 0 Å². The van der Waals surface area contributed by atoms with Crippen LogP contribution in [0.15, 0.2) is 0 Å². The Morgan fingerprint density at radius 1 is 1.56 bits per heavy atom. The van der Waals surface area contributed by atoms with Gasteiger partial charge in [0.25, 0.3) is 0 Å². The summed E-state index contributed by atoms with van der Waals surface area (Å²) in [4.78, 5) is 10.1. The Balaban J connectivity index is 2.83. The van der Waals surface area contributed by atoms with Gasteiger partial charge in [-0.2, -0.15) is 12.6 Å². The van der Waals surface area contributed by atoms with Crippen LogP contribution in [0.3, 0.4) is 0 Å². The molecule has 0 atom stereocenters. The van der Waals surface area contributed by atoms with Crippen LogP contribution in [0.1, 0.15) is 6.42 Å². The van der Waals surface area contributed by atoms with Crippen molar-refractivity contribution in [3.63, 3.8) is 0 Å². The topological polar surface area (TPSA) is 55.1 Å². The fourth-order valence-corrected chi connectivity index (χ4v) is 0.574. The van der Waals surface area contributed by atoms with Crippen molar-refractivity contribution < 1.29 is 4.79 Å². The molecule has 0 saturated carbocycles. The summed E-state index contributed by atoms with van der Waals surface area (Å²) in [5, 5.41) is 2.99. The van der Waals surface area contributed by atoms with Gasteiger partial charge in [0.2, 0.25) is 5.91 Å². The lowest BCUT2D eigenvalue weighted by atomic mass is 10.4. The third-order valence-electron chi connectivity index (χ3n) is 0.837. The molecule has 0 aromatic heterocycles. The molecule has 1 amide bonds. The zero-order valence-corrected chi connectivity index (χ0v) is 6.16. The number of nitrogens with one attached hydrogen (secondary N) is 1. The zero-order valence-electron chi connectivity index (χ0n) is 5.26. The third kappa shape index (κ3) is 7.78. The summed E-state index contributed by atoms with van der Waals surface area (Å²) in [6.07, 6.45) is 0.410. The molecular weight excluding hydrogens is 136 g/mol. The molecule has 0 bridgehead atoms. The van der Waals surface area contributed by atoms with E-state index in [9.17, 15) is 4.79 Å². The Labute approximate surface area is 60.4 Å². The van der Waals surface area contributed by atoms with Gasteiger partial charge in [-0.1, -0.05) is 0 Å². The molecule has 54 valence electrons. The lowest BCUT2D eigenvalue weighted by molar-refractivity contribution is -0.117. The van der Waals surface area contributed by atoms with E-state index in [1.807, 2.05) is 0 Å². The lowest BCUT2D eigenvalue weighted by Gasteiger charge is -1.97. The van der Waals surface area contributed by atoms with E-state index in [1.165, 1.54) is 0 Å². The lowest BCUT2D eigenvalue weighted by Crippen LogP contribution is -2.23. The minimum Gasteiger partial charge on any atom is -0.370 e. The van der Waals surface area contributed by atoms with E-state index in [0.29, 0.717) is 13.0 Å². The number of carbonyl (C=O) groups excluding carboxylic acids is 1. The van der Waals surface area contributed by atoms with Crippen molar-refractivity contribution in [2.24, 2.45) is 5.73 Å². The average molecular weight is 148 g/mol. The highest BCUT2D eigenvalue weighted by molar-refractivity contribution is 7.80. The maximum Gasteiger partial charge on any atom is 0.218 e. The summed E-state index contributed by atoms with van der Waals surface area (Å²) in [7, 11) is 0. The number of carbonyl (C=O) groups is 1. The van der Waals surface area contributed by atoms with Crippen molar-refractivity contribution in [2.75, 3.05) is 18.8 Å². The highest BCUT2D eigenvalue weighted by Crippen LogP contribution is 1.73. The van der Waals surface area contributed by atoms with Gasteiger partial charge in [-0.25, -0.2) is 0 Å². The van der Waals surface area contributed by atoms with Gasteiger partial charge in [0, 0.05) is 25.3 Å². The zero-order chi connectivity index (χ0) is 7.11. The van der Waals surface area contributed by atoms with Gasteiger partial charge in [0.1, 0.15) is 0 Å². The Hall–Kier alpha value is -0.220. The van der Waals surface area contributed by atoms with Crippen LogP contribution in [0.4, 0.5) is 0 Å². The Bertz CT molecular complexity index is 87.0. The molecule has 0 aromatic rings. The van der Waals surface area contributed by atoms with Crippen LogP contribution >= 0.6 is 12.6 Å². The molecule has 0 spiro atoms. The quantitative estimate of drug-likeness (QED) is 0.359. The molecule has 0 unspecified atom stereocenters. The van der Waals surface area contributed by atoms with E-state index in [0.717, 1.165) is 12.3 Å². The largest absolute Gasteiger partial charge is 0.370 e. The number of hydrogen-bond acceptors (Lipinski definition) is 3. The molecule has 0 heterocycles. The van der Waals surface area contributed by atoms with Crippen LogP contribution in [0.25, 0.3) is 0 Å². The van der Waals surface area contributed by atoms with Gasteiger partial charge in [-0.05, 0) is 0 Å². The van der Waals surface area contributed by atoms with Gasteiger partial charge in [-0.3, -0.25) is 4.79 Å². The smallest absolute Gasteiger partial charge is 0.218 e.